The molecule has 1 fully saturated rings. The summed E-state index contributed by atoms with van der Waals surface area (Å²) in [4.78, 5) is 25.9. The number of carboxylic acids is 1. The van der Waals surface area contributed by atoms with Gasteiger partial charge in [0.2, 0.25) is 0 Å². The van der Waals surface area contributed by atoms with Crippen LogP contribution in [0.5, 0.6) is 0 Å². The molecule has 1 amide bonds. The van der Waals surface area contributed by atoms with E-state index in [2.05, 4.69) is 43.9 Å². The highest BCUT2D eigenvalue weighted by atomic mass is 16.4. The zero-order chi connectivity index (χ0) is 15.6. The Morgan fingerprint density at radius 1 is 1.14 bits per heavy atom. The Labute approximate surface area is 125 Å². The van der Waals surface area contributed by atoms with Crippen LogP contribution in [0, 0.1) is 13.8 Å². The van der Waals surface area contributed by atoms with E-state index in [9.17, 15) is 9.59 Å². The van der Waals surface area contributed by atoms with Crippen molar-refractivity contribution in [1.29, 1.82) is 0 Å². The van der Waals surface area contributed by atoms with E-state index in [1.807, 2.05) is 0 Å². The first-order valence-corrected chi connectivity index (χ1v) is 7.23. The van der Waals surface area contributed by atoms with Gasteiger partial charge < -0.3 is 10.0 Å². The first-order chi connectivity index (χ1) is 9.90. The van der Waals surface area contributed by atoms with Crippen molar-refractivity contribution in [2.45, 2.75) is 26.8 Å². The molecule has 0 bridgehead atoms. The quantitative estimate of drug-likeness (QED) is 0.840. The van der Waals surface area contributed by atoms with Gasteiger partial charge in [-0.05, 0) is 31.9 Å². The topological polar surface area (TPSA) is 60.9 Å². The number of piperazine rings is 1. The van der Waals surface area contributed by atoms with Gasteiger partial charge in [-0.15, -0.1) is 0 Å². The van der Waals surface area contributed by atoms with Gasteiger partial charge in [-0.2, -0.15) is 0 Å². The van der Waals surface area contributed by atoms with E-state index in [0.29, 0.717) is 26.2 Å². The highest BCUT2D eigenvalue weighted by Gasteiger charge is 2.28. The smallest absolute Gasteiger partial charge is 0.394 e. The number of rotatable bonds is 2. The van der Waals surface area contributed by atoms with Gasteiger partial charge in [0, 0.05) is 32.2 Å². The summed E-state index contributed by atoms with van der Waals surface area (Å²) in [5.41, 5.74) is 3.81. The van der Waals surface area contributed by atoms with Crippen LogP contribution >= 0.6 is 0 Å². The minimum Gasteiger partial charge on any atom is -0.474 e. The van der Waals surface area contributed by atoms with E-state index in [4.69, 9.17) is 5.11 Å². The lowest BCUT2D eigenvalue weighted by molar-refractivity contribution is -0.157. The van der Waals surface area contributed by atoms with Crippen molar-refractivity contribution in [2.24, 2.45) is 0 Å². The average molecular weight is 290 g/mol. The van der Waals surface area contributed by atoms with Gasteiger partial charge in [0.1, 0.15) is 0 Å². The fourth-order valence-electron chi connectivity index (χ4n) is 2.94. The molecule has 0 spiro atoms. The lowest BCUT2D eigenvalue weighted by Gasteiger charge is -2.38. The van der Waals surface area contributed by atoms with Crippen molar-refractivity contribution >= 4 is 11.9 Å². The molecule has 0 aromatic heterocycles. The SMILES string of the molecule is Cc1ccc(C(C)N2CCN(C(=O)C(=O)O)CC2)c(C)c1. The van der Waals surface area contributed by atoms with Crippen molar-refractivity contribution in [3.63, 3.8) is 0 Å². The number of carboxylic acid groups (broad SMARTS) is 1. The predicted molar refractivity (Wildman–Crippen MR) is 80.1 cm³/mol. The number of nitrogens with zero attached hydrogens (tertiary/aromatic N) is 2. The Kier molecular flexibility index (Phi) is 4.63. The third-order valence-electron chi connectivity index (χ3n) is 4.21. The number of aliphatic carboxylic acids is 1. The molecular weight excluding hydrogens is 268 g/mol. The molecule has 0 saturated carbocycles. The van der Waals surface area contributed by atoms with Crippen LogP contribution in [-0.4, -0.2) is 53.0 Å². The third-order valence-corrected chi connectivity index (χ3v) is 4.21. The summed E-state index contributed by atoms with van der Waals surface area (Å²) in [7, 11) is 0. The van der Waals surface area contributed by atoms with Gasteiger partial charge in [-0.1, -0.05) is 23.8 Å². The number of benzene rings is 1. The van der Waals surface area contributed by atoms with Crippen molar-refractivity contribution in [1.82, 2.24) is 9.80 Å². The predicted octanol–water partition coefficient (Wildman–Crippen LogP) is 1.59. The highest BCUT2D eigenvalue weighted by molar-refractivity contribution is 6.31. The molecule has 1 heterocycles. The van der Waals surface area contributed by atoms with Gasteiger partial charge in [0.05, 0.1) is 0 Å². The number of carbonyl (C=O) groups excluding carboxylic acids is 1. The molecule has 114 valence electrons. The van der Waals surface area contributed by atoms with Crippen LogP contribution in [0.3, 0.4) is 0 Å². The van der Waals surface area contributed by atoms with Crippen LogP contribution in [0.25, 0.3) is 0 Å². The Balaban J connectivity index is 2.01. The molecule has 1 saturated heterocycles. The van der Waals surface area contributed by atoms with E-state index in [-0.39, 0.29) is 6.04 Å². The fourth-order valence-corrected chi connectivity index (χ4v) is 2.94. The lowest BCUT2D eigenvalue weighted by atomic mass is 9.99. The molecule has 0 aliphatic carbocycles. The van der Waals surface area contributed by atoms with E-state index < -0.39 is 11.9 Å². The van der Waals surface area contributed by atoms with E-state index in [1.165, 1.54) is 21.6 Å². The first-order valence-electron chi connectivity index (χ1n) is 7.23. The Bertz CT molecular complexity index is 548. The molecule has 1 N–H and O–H groups in total. The Morgan fingerprint density at radius 3 is 2.29 bits per heavy atom. The van der Waals surface area contributed by atoms with Crippen molar-refractivity contribution < 1.29 is 14.7 Å². The van der Waals surface area contributed by atoms with Crippen LogP contribution < -0.4 is 0 Å². The first kappa shape index (κ1) is 15.5. The van der Waals surface area contributed by atoms with Crippen molar-refractivity contribution in [3.05, 3.63) is 34.9 Å². The zero-order valence-electron chi connectivity index (χ0n) is 12.8. The van der Waals surface area contributed by atoms with Gasteiger partial charge in [-0.25, -0.2) is 4.79 Å². The van der Waals surface area contributed by atoms with Crippen LogP contribution in [-0.2, 0) is 9.59 Å². The zero-order valence-corrected chi connectivity index (χ0v) is 12.8. The Hall–Kier alpha value is -1.88. The van der Waals surface area contributed by atoms with Crippen molar-refractivity contribution in [3.8, 4) is 0 Å². The summed E-state index contributed by atoms with van der Waals surface area (Å²) in [5.74, 6) is -2.17. The maximum Gasteiger partial charge on any atom is 0.394 e. The lowest BCUT2D eigenvalue weighted by Crippen LogP contribution is -2.51. The second-order valence-electron chi connectivity index (χ2n) is 5.67. The summed E-state index contributed by atoms with van der Waals surface area (Å²) in [6.45, 7) is 8.70. The van der Waals surface area contributed by atoms with Crippen LogP contribution in [0.1, 0.15) is 29.7 Å². The number of aryl methyl sites for hydroxylation is 2. The maximum atomic E-state index is 11.4. The molecule has 5 nitrogen and oxygen atoms in total. The standard InChI is InChI=1S/C16H22N2O3/c1-11-4-5-14(12(2)10-11)13(3)17-6-8-18(9-7-17)15(19)16(20)21/h4-5,10,13H,6-9H2,1-3H3,(H,20,21). The summed E-state index contributed by atoms with van der Waals surface area (Å²) >= 11 is 0. The molecule has 1 atom stereocenters. The second-order valence-corrected chi connectivity index (χ2v) is 5.67. The molecule has 0 radical (unpaired) electrons. The van der Waals surface area contributed by atoms with E-state index in [0.717, 1.165) is 0 Å². The molecule has 21 heavy (non-hydrogen) atoms. The van der Waals surface area contributed by atoms with Gasteiger partial charge in [0.15, 0.2) is 0 Å². The highest BCUT2D eigenvalue weighted by Crippen LogP contribution is 2.25. The second kappa shape index (κ2) is 6.26. The maximum absolute atomic E-state index is 11.4. The largest absolute Gasteiger partial charge is 0.474 e. The van der Waals surface area contributed by atoms with Crippen LogP contribution in [0.15, 0.2) is 18.2 Å². The number of carbonyl (C=O) groups is 2. The molecule has 1 aromatic carbocycles. The van der Waals surface area contributed by atoms with E-state index >= 15 is 0 Å². The summed E-state index contributed by atoms with van der Waals surface area (Å²) in [6.07, 6.45) is 0. The molecule has 1 aliphatic heterocycles. The summed E-state index contributed by atoms with van der Waals surface area (Å²) in [5, 5.41) is 8.74. The van der Waals surface area contributed by atoms with Crippen molar-refractivity contribution in [2.75, 3.05) is 26.2 Å². The normalized spacial score (nSPS) is 17.6. The summed E-state index contributed by atoms with van der Waals surface area (Å²) < 4.78 is 0. The average Bonchev–Trinajstić information content (AvgIpc) is 2.46. The minimum atomic E-state index is -1.37. The molecule has 5 heteroatoms. The molecule has 1 aromatic rings. The fraction of sp³-hybridized carbons (Fsp3) is 0.500. The summed E-state index contributed by atoms with van der Waals surface area (Å²) in [6, 6.07) is 6.72. The number of hydrogen-bond acceptors (Lipinski definition) is 3. The van der Waals surface area contributed by atoms with Crippen LogP contribution in [0.4, 0.5) is 0 Å². The van der Waals surface area contributed by atoms with E-state index in [1.54, 1.807) is 0 Å². The molecule has 1 unspecified atom stereocenters. The minimum absolute atomic E-state index is 0.271. The number of hydrogen-bond donors (Lipinski definition) is 1. The number of amides is 1. The monoisotopic (exact) mass is 290 g/mol. The third kappa shape index (κ3) is 3.42. The van der Waals surface area contributed by atoms with Gasteiger partial charge >= 0.3 is 11.9 Å². The Morgan fingerprint density at radius 2 is 1.76 bits per heavy atom. The molecular formula is C16H22N2O3. The van der Waals surface area contributed by atoms with Crippen LogP contribution in [0.2, 0.25) is 0 Å². The molecule has 2 rings (SSSR count). The van der Waals surface area contributed by atoms with Gasteiger partial charge in [0.25, 0.3) is 0 Å². The molecule has 1 aliphatic rings. The van der Waals surface area contributed by atoms with Gasteiger partial charge in [-0.3, -0.25) is 9.69 Å².